The molecule has 0 saturated carbocycles. The highest BCUT2D eigenvalue weighted by molar-refractivity contribution is 5.68. The molecule has 0 bridgehead atoms. The summed E-state index contributed by atoms with van der Waals surface area (Å²) in [6, 6.07) is 17.2. The minimum absolute atomic E-state index is 0.243. The number of carbonyl (C=O) groups excluding carboxylic acids is 1. The van der Waals surface area contributed by atoms with Gasteiger partial charge in [-0.25, -0.2) is 4.79 Å². The van der Waals surface area contributed by atoms with E-state index in [2.05, 4.69) is 0 Å². The summed E-state index contributed by atoms with van der Waals surface area (Å²) in [5.41, 5.74) is 3.06. The summed E-state index contributed by atoms with van der Waals surface area (Å²) in [4.78, 5) is 14.2. The van der Waals surface area contributed by atoms with E-state index in [-0.39, 0.29) is 18.7 Å². The molecule has 2 aromatic rings. The largest absolute Gasteiger partial charge is 0.445 e. The average Bonchev–Trinajstić information content (AvgIpc) is 2.61. The van der Waals surface area contributed by atoms with Crippen LogP contribution in [-0.4, -0.2) is 28.7 Å². The van der Waals surface area contributed by atoms with Crippen LogP contribution in [-0.2, 0) is 11.3 Å². The standard InChI is InChI=1S/C20H23NO3/c1-15-9-11-17(12-10-15)19-18(22)8-5-13-21(19)20(23)24-14-16-6-3-2-4-7-16/h2-4,6-7,9-12,18-19,22H,5,8,13-14H2,1H3/t18-,19-/m1/s1. The first-order valence-electron chi connectivity index (χ1n) is 8.37. The van der Waals surface area contributed by atoms with Crippen molar-refractivity contribution in [1.29, 1.82) is 0 Å². The monoisotopic (exact) mass is 325 g/mol. The molecule has 1 fully saturated rings. The van der Waals surface area contributed by atoms with Gasteiger partial charge < -0.3 is 9.84 Å². The summed E-state index contributed by atoms with van der Waals surface area (Å²) in [6.45, 7) is 2.86. The zero-order chi connectivity index (χ0) is 16.9. The van der Waals surface area contributed by atoms with Crippen LogP contribution in [0.5, 0.6) is 0 Å². The number of ether oxygens (including phenoxy) is 1. The topological polar surface area (TPSA) is 49.8 Å². The predicted octanol–water partition coefficient (Wildman–Crippen LogP) is 3.83. The van der Waals surface area contributed by atoms with Gasteiger partial charge in [-0.2, -0.15) is 0 Å². The summed E-state index contributed by atoms with van der Waals surface area (Å²) in [5.74, 6) is 0. The molecule has 0 aliphatic carbocycles. The molecule has 2 aromatic carbocycles. The zero-order valence-electron chi connectivity index (χ0n) is 13.9. The van der Waals surface area contributed by atoms with Crippen LogP contribution in [0, 0.1) is 6.92 Å². The molecule has 2 atom stereocenters. The lowest BCUT2D eigenvalue weighted by atomic mass is 9.92. The molecular formula is C20H23NO3. The molecule has 1 amide bonds. The number of hydrogen-bond donors (Lipinski definition) is 1. The summed E-state index contributed by atoms with van der Waals surface area (Å²) >= 11 is 0. The van der Waals surface area contributed by atoms with Gasteiger partial charge in [0.15, 0.2) is 0 Å². The van der Waals surface area contributed by atoms with Crippen molar-refractivity contribution in [2.24, 2.45) is 0 Å². The molecule has 1 saturated heterocycles. The van der Waals surface area contributed by atoms with E-state index in [0.29, 0.717) is 13.0 Å². The van der Waals surface area contributed by atoms with Crippen molar-refractivity contribution in [3.63, 3.8) is 0 Å². The fourth-order valence-corrected chi connectivity index (χ4v) is 3.15. The van der Waals surface area contributed by atoms with Crippen molar-refractivity contribution in [2.75, 3.05) is 6.54 Å². The van der Waals surface area contributed by atoms with E-state index >= 15 is 0 Å². The maximum absolute atomic E-state index is 12.6. The molecule has 1 aliphatic rings. The lowest BCUT2D eigenvalue weighted by Crippen LogP contribution is -2.45. The number of piperidine rings is 1. The Kier molecular flexibility index (Phi) is 5.16. The van der Waals surface area contributed by atoms with Crippen molar-refractivity contribution in [2.45, 2.75) is 38.5 Å². The highest BCUT2D eigenvalue weighted by atomic mass is 16.6. The summed E-state index contributed by atoms with van der Waals surface area (Å²) in [7, 11) is 0. The molecule has 126 valence electrons. The lowest BCUT2D eigenvalue weighted by Gasteiger charge is -2.38. The van der Waals surface area contributed by atoms with E-state index in [0.717, 1.165) is 23.1 Å². The van der Waals surface area contributed by atoms with Gasteiger partial charge in [0.1, 0.15) is 6.61 Å². The first-order chi connectivity index (χ1) is 11.6. The van der Waals surface area contributed by atoms with Crippen LogP contribution in [0.15, 0.2) is 54.6 Å². The fourth-order valence-electron chi connectivity index (χ4n) is 3.15. The van der Waals surface area contributed by atoms with E-state index in [1.54, 1.807) is 4.90 Å². The molecule has 1 N–H and O–H groups in total. The number of likely N-dealkylation sites (tertiary alicyclic amines) is 1. The Morgan fingerprint density at radius 3 is 2.58 bits per heavy atom. The van der Waals surface area contributed by atoms with Gasteiger partial charge in [-0.3, -0.25) is 4.90 Å². The van der Waals surface area contributed by atoms with Gasteiger partial charge in [-0.1, -0.05) is 60.2 Å². The van der Waals surface area contributed by atoms with Gasteiger partial charge in [0.05, 0.1) is 12.1 Å². The number of carbonyl (C=O) groups is 1. The lowest BCUT2D eigenvalue weighted by molar-refractivity contribution is 0.00236. The number of hydrogen-bond acceptors (Lipinski definition) is 3. The summed E-state index contributed by atoms with van der Waals surface area (Å²) in [5, 5.41) is 10.4. The van der Waals surface area contributed by atoms with Crippen molar-refractivity contribution in [3.05, 3.63) is 71.3 Å². The Morgan fingerprint density at radius 1 is 1.17 bits per heavy atom. The Morgan fingerprint density at radius 2 is 1.88 bits per heavy atom. The van der Waals surface area contributed by atoms with Crippen molar-refractivity contribution in [1.82, 2.24) is 4.90 Å². The van der Waals surface area contributed by atoms with Crippen molar-refractivity contribution in [3.8, 4) is 0 Å². The average molecular weight is 325 g/mol. The number of nitrogens with zero attached hydrogens (tertiary/aromatic N) is 1. The number of aryl methyl sites for hydroxylation is 1. The normalized spacial score (nSPS) is 20.7. The van der Waals surface area contributed by atoms with E-state index < -0.39 is 6.10 Å². The molecule has 0 aromatic heterocycles. The minimum atomic E-state index is -0.564. The highest BCUT2D eigenvalue weighted by Crippen LogP contribution is 2.32. The van der Waals surface area contributed by atoms with E-state index in [4.69, 9.17) is 4.74 Å². The molecular weight excluding hydrogens is 302 g/mol. The molecule has 4 nitrogen and oxygen atoms in total. The van der Waals surface area contributed by atoms with Gasteiger partial charge in [0, 0.05) is 6.54 Å². The van der Waals surface area contributed by atoms with Crippen LogP contribution in [0.2, 0.25) is 0 Å². The summed E-state index contributed by atoms with van der Waals surface area (Å²) < 4.78 is 5.47. The molecule has 3 rings (SSSR count). The van der Waals surface area contributed by atoms with Gasteiger partial charge in [0.2, 0.25) is 0 Å². The quantitative estimate of drug-likeness (QED) is 0.933. The SMILES string of the molecule is Cc1ccc([C@@H]2[C@H](O)CCCN2C(=O)OCc2ccccc2)cc1. The van der Waals surface area contributed by atoms with Crippen molar-refractivity contribution < 1.29 is 14.6 Å². The van der Waals surface area contributed by atoms with Gasteiger partial charge in [-0.05, 0) is 30.9 Å². The van der Waals surface area contributed by atoms with Crippen LogP contribution >= 0.6 is 0 Å². The number of benzene rings is 2. The molecule has 0 unspecified atom stereocenters. The van der Waals surface area contributed by atoms with Crippen LogP contribution in [0.3, 0.4) is 0 Å². The first-order valence-corrected chi connectivity index (χ1v) is 8.37. The third kappa shape index (κ3) is 3.77. The fraction of sp³-hybridized carbons (Fsp3) is 0.350. The van der Waals surface area contributed by atoms with E-state index in [1.807, 2.05) is 61.5 Å². The minimum Gasteiger partial charge on any atom is -0.445 e. The van der Waals surface area contributed by atoms with Crippen molar-refractivity contribution >= 4 is 6.09 Å². The number of amides is 1. The number of aliphatic hydroxyl groups is 1. The maximum Gasteiger partial charge on any atom is 0.410 e. The van der Waals surface area contributed by atoms with Gasteiger partial charge >= 0.3 is 6.09 Å². The third-order valence-corrected chi connectivity index (χ3v) is 4.46. The highest BCUT2D eigenvalue weighted by Gasteiger charge is 2.35. The van der Waals surface area contributed by atoms with Gasteiger partial charge in [-0.15, -0.1) is 0 Å². The summed E-state index contributed by atoms with van der Waals surface area (Å²) in [6.07, 6.45) is 0.541. The van der Waals surface area contributed by atoms with E-state index in [1.165, 1.54) is 0 Å². The van der Waals surface area contributed by atoms with Crippen LogP contribution in [0.4, 0.5) is 4.79 Å². The van der Waals surface area contributed by atoms with E-state index in [9.17, 15) is 9.90 Å². The van der Waals surface area contributed by atoms with Crippen LogP contribution in [0.1, 0.15) is 35.6 Å². The van der Waals surface area contributed by atoms with Crippen LogP contribution in [0.25, 0.3) is 0 Å². The molecule has 4 heteroatoms. The molecule has 1 aliphatic heterocycles. The number of aliphatic hydroxyl groups excluding tert-OH is 1. The second-order valence-electron chi connectivity index (χ2n) is 6.30. The Bertz CT molecular complexity index is 669. The molecule has 0 radical (unpaired) electrons. The smallest absolute Gasteiger partial charge is 0.410 e. The third-order valence-electron chi connectivity index (χ3n) is 4.46. The van der Waals surface area contributed by atoms with Gasteiger partial charge in [0.25, 0.3) is 0 Å². The maximum atomic E-state index is 12.6. The Hall–Kier alpha value is -2.33. The second kappa shape index (κ2) is 7.49. The molecule has 0 spiro atoms. The van der Waals surface area contributed by atoms with Crippen LogP contribution < -0.4 is 0 Å². The second-order valence-corrected chi connectivity index (χ2v) is 6.30. The predicted molar refractivity (Wildman–Crippen MR) is 92.5 cm³/mol. The Balaban J connectivity index is 1.73. The Labute approximate surface area is 142 Å². The molecule has 24 heavy (non-hydrogen) atoms. The number of rotatable bonds is 3. The molecule has 1 heterocycles. The first kappa shape index (κ1) is 16.5. The zero-order valence-corrected chi connectivity index (χ0v) is 13.9.